The average Bonchev–Trinajstić information content (AvgIpc) is 2.02. The number of hydrogen-bond acceptors (Lipinski definition) is 4. The van der Waals surface area contributed by atoms with E-state index in [-0.39, 0.29) is 42.8 Å². The molecule has 0 aliphatic heterocycles. The second kappa shape index (κ2) is 5.42. The van der Waals surface area contributed by atoms with Crippen molar-refractivity contribution in [3.8, 4) is 0 Å². The fraction of sp³-hybridized carbons (Fsp3) is 0. The van der Waals surface area contributed by atoms with E-state index in [9.17, 15) is 18.5 Å². The summed E-state index contributed by atoms with van der Waals surface area (Å²) in [7, 11) is -4.53. The first kappa shape index (κ1) is 15.1. The van der Waals surface area contributed by atoms with E-state index >= 15 is 0 Å². The molecule has 0 aromatic heterocycles. The Morgan fingerprint density at radius 2 is 1.93 bits per heavy atom. The molecule has 0 radical (unpaired) electrons. The number of hydrogen-bond donors (Lipinski definition) is 1. The van der Waals surface area contributed by atoms with Crippen LogP contribution in [-0.4, -0.2) is 55.6 Å². The molecule has 6 nitrogen and oxygen atoms in total. The van der Waals surface area contributed by atoms with E-state index in [0.29, 0.717) is 6.07 Å². The second-order valence-electron chi connectivity index (χ2n) is 2.35. The van der Waals surface area contributed by atoms with Crippen molar-refractivity contribution in [3.63, 3.8) is 0 Å². The molecule has 15 heavy (non-hydrogen) atoms. The quantitative estimate of drug-likeness (QED) is 0.370. The van der Waals surface area contributed by atoms with Crippen LogP contribution in [0.3, 0.4) is 0 Å². The van der Waals surface area contributed by atoms with Crippen LogP contribution in [0.15, 0.2) is 23.1 Å². The van der Waals surface area contributed by atoms with Crippen LogP contribution < -0.4 is 0 Å². The number of nitrogens with zero attached hydrogens (tertiary/aromatic N) is 1. The predicted octanol–water partition coefficient (Wildman–Crippen LogP) is 0.579. The SMILES string of the molecule is O=[N+]([O-])c1ccc(Cl)c(S(=O)(=O)O)c1.[CaH2]. The molecule has 0 saturated carbocycles. The van der Waals surface area contributed by atoms with Crippen molar-refractivity contribution in [1.29, 1.82) is 0 Å². The fourth-order valence-electron chi connectivity index (χ4n) is 0.803. The first-order valence-corrected chi connectivity index (χ1v) is 5.05. The molecule has 80 valence electrons. The summed E-state index contributed by atoms with van der Waals surface area (Å²) >= 11 is 5.42. The molecule has 0 saturated heterocycles. The molecule has 0 amide bonds. The van der Waals surface area contributed by atoms with Gasteiger partial charge in [0.2, 0.25) is 0 Å². The summed E-state index contributed by atoms with van der Waals surface area (Å²) < 4.78 is 30.0. The minimum atomic E-state index is -4.53. The van der Waals surface area contributed by atoms with Gasteiger partial charge in [-0.25, -0.2) is 0 Å². The summed E-state index contributed by atoms with van der Waals surface area (Å²) in [6.07, 6.45) is 0. The monoisotopic (exact) mass is 279 g/mol. The Morgan fingerprint density at radius 1 is 1.40 bits per heavy atom. The fourth-order valence-corrected chi connectivity index (χ4v) is 1.80. The molecule has 0 heterocycles. The Morgan fingerprint density at radius 3 is 2.33 bits per heavy atom. The van der Waals surface area contributed by atoms with Gasteiger partial charge < -0.3 is 0 Å². The topological polar surface area (TPSA) is 97.5 Å². The van der Waals surface area contributed by atoms with E-state index in [1.807, 2.05) is 0 Å². The molecule has 1 N–H and O–H groups in total. The maximum absolute atomic E-state index is 10.7. The molecule has 0 fully saturated rings. The Labute approximate surface area is 120 Å². The average molecular weight is 280 g/mol. The van der Waals surface area contributed by atoms with E-state index in [1.54, 1.807) is 0 Å². The van der Waals surface area contributed by atoms with Gasteiger partial charge in [0.1, 0.15) is 4.90 Å². The van der Waals surface area contributed by atoms with E-state index in [2.05, 4.69) is 0 Å². The Balaban J connectivity index is 0.00000196. The van der Waals surface area contributed by atoms with Gasteiger partial charge in [0, 0.05) is 12.1 Å². The van der Waals surface area contributed by atoms with Crippen LogP contribution in [0, 0.1) is 10.1 Å². The molecule has 1 rings (SSSR count). The molecule has 0 atom stereocenters. The maximum atomic E-state index is 10.7. The van der Waals surface area contributed by atoms with Gasteiger partial charge in [-0.3, -0.25) is 14.7 Å². The molecule has 0 spiro atoms. The van der Waals surface area contributed by atoms with Gasteiger partial charge in [-0.05, 0) is 6.07 Å². The van der Waals surface area contributed by atoms with Crippen molar-refractivity contribution in [2.45, 2.75) is 4.90 Å². The summed E-state index contributed by atoms with van der Waals surface area (Å²) in [5.74, 6) is 0. The molecule has 0 bridgehead atoms. The number of nitro benzene ring substituents is 1. The predicted molar refractivity (Wildman–Crippen MR) is 56.5 cm³/mol. The Hall–Kier alpha value is 0.0797. The molecule has 0 unspecified atom stereocenters. The minimum absolute atomic E-state index is 0. The van der Waals surface area contributed by atoms with Crippen LogP contribution in [0.25, 0.3) is 0 Å². The zero-order valence-electron chi connectivity index (χ0n) is 6.55. The number of halogens is 1. The van der Waals surface area contributed by atoms with Crippen LogP contribution in [0.2, 0.25) is 5.02 Å². The van der Waals surface area contributed by atoms with Gasteiger partial charge in [-0.2, -0.15) is 8.42 Å². The summed E-state index contributed by atoms with van der Waals surface area (Å²) in [6.45, 7) is 0. The standard InChI is InChI=1S/C6H4ClNO5S.Ca.2H/c7-5-2-1-4(8(9)10)3-6(5)14(11,12)13;;;/h1-3H,(H,11,12,13);;;. The van der Waals surface area contributed by atoms with Gasteiger partial charge in [-0.1, -0.05) is 11.6 Å². The van der Waals surface area contributed by atoms with Gasteiger partial charge in [-0.15, -0.1) is 0 Å². The first-order chi connectivity index (χ1) is 6.32. The van der Waals surface area contributed by atoms with Gasteiger partial charge in [0.15, 0.2) is 0 Å². The van der Waals surface area contributed by atoms with Crippen LogP contribution in [0.1, 0.15) is 0 Å². The van der Waals surface area contributed by atoms with E-state index < -0.39 is 25.6 Å². The normalized spacial score (nSPS) is 10.5. The third-order valence-electron chi connectivity index (χ3n) is 1.40. The number of non-ortho nitro benzene ring substituents is 1. The van der Waals surface area contributed by atoms with Gasteiger partial charge >= 0.3 is 37.7 Å². The molecule has 1 aromatic carbocycles. The van der Waals surface area contributed by atoms with Crippen LogP contribution in [0.5, 0.6) is 0 Å². The summed E-state index contributed by atoms with van der Waals surface area (Å²) in [4.78, 5) is 8.82. The zero-order chi connectivity index (χ0) is 10.9. The van der Waals surface area contributed by atoms with Crippen LogP contribution >= 0.6 is 11.6 Å². The molecule has 9 heteroatoms. The van der Waals surface area contributed by atoms with Gasteiger partial charge in [0.05, 0.1) is 9.95 Å². The number of rotatable bonds is 2. The van der Waals surface area contributed by atoms with Crippen LogP contribution in [0.4, 0.5) is 5.69 Å². The Kier molecular flexibility index (Phi) is 5.45. The van der Waals surface area contributed by atoms with Crippen molar-refractivity contribution < 1.29 is 17.9 Å². The number of benzene rings is 1. The molecule has 0 aliphatic carbocycles. The third-order valence-corrected chi connectivity index (χ3v) is 2.74. The van der Waals surface area contributed by atoms with Gasteiger partial charge in [0.25, 0.3) is 15.8 Å². The summed E-state index contributed by atoms with van der Waals surface area (Å²) in [5.41, 5.74) is -0.456. The van der Waals surface area contributed by atoms with E-state index in [4.69, 9.17) is 16.2 Å². The molecular formula is C6H6CaClNO5S. The summed E-state index contributed by atoms with van der Waals surface area (Å²) in [5, 5.41) is 10.0. The van der Waals surface area contributed by atoms with E-state index in [0.717, 1.165) is 12.1 Å². The molecule has 0 aliphatic rings. The molecule has 1 aromatic rings. The molecular weight excluding hydrogens is 274 g/mol. The Bertz CT molecular complexity index is 488. The number of nitro groups is 1. The van der Waals surface area contributed by atoms with E-state index in [1.165, 1.54) is 0 Å². The van der Waals surface area contributed by atoms with Crippen molar-refractivity contribution in [2.24, 2.45) is 0 Å². The zero-order valence-corrected chi connectivity index (χ0v) is 8.12. The summed E-state index contributed by atoms with van der Waals surface area (Å²) in [6, 6.07) is 2.76. The van der Waals surface area contributed by atoms with Crippen LogP contribution in [-0.2, 0) is 10.1 Å². The third kappa shape index (κ3) is 3.86. The first-order valence-electron chi connectivity index (χ1n) is 3.24. The van der Waals surface area contributed by atoms with Crippen molar-refractivity contribution in [3.05, 3.63) is 33.3 Å². The van der Waals surface area contributed by atoms with Crippen molar-refractivity contribution in [1.82, 2.24) is 0 Å². The van der Waals surface area contributed by atoms with Crippen molar-refractivity contribution >= 4 is 65.1 Å². The second-order valence-corrected chi connectivity index (χ2v) is 4.14. The van der Waals surface area contributed by atoms with Crippen molar-refractivity contribution in [2.75, 3.05) is 0 Å².